The van der Waals surface area contributed by atoms with Crippen LogP contribution >= 0.6 is 0 Å². The Kier molecular flexibility index (Phi) is 5.43. The van der Waals surface area contributed by atoms with Gasteiger partial charge in [-0.3, -0.25) is 9.80 Å². The lowest BCUT2D eigenvalue weighted by atomic mass is 10.1. The maximum Gasteiger partial charge on any atom is 0.418 e. The van der Waals surface area contributed by atoms with E-state index in [1.54, 1.807) is 13.8 Å². The van der Waals surface area contributed by atoms with Crippen LogP contribution in [0.2, 0.25) is 0 Å². The minimum atomic E-state index is -4.59. The van der Waals surface area contributed by atoms with Crippen molar-refractivity contribution in [3.8, 4) is 5.75 Å². The van der Waals surface area contributed by atoms with Gasteiger partial charge in [-0.2, -0.15) is 18.3 Å². The molecule has 1 aromatic carbocycles. The Labute approximate surface area is 142 Å². The number of carbonyl (C=O) groups excluding carboxylic acids is 1. The van der Waals surface area contributed by atoms with E-state index in [4.69, 9.17) is 15.3 Å². The second kappa shape index (κ2) is 7.19. The molecule has 25 heavy (non-hydrogen) atoms. The van der Waals surface area contributed by atoms with Crippen molar-refractivity contribution < 1.29 is 27.5 Å². The Morgan fingerprint density at radius 2 is 1.92 bits per heavy atom. The largest absolute Gasteiger partial charge is 0.491 e. The lowest BCUT2D eigenvalue weighted by molar-refractivity contribution is -0.189. The summed E-state index contributed by atoms with van der Waals surface area (Å²) in [5.74, 6) is -0.593. The fourth-order valence-electron chi connectivity index (χ4n) is 2.01. The Balaban J connectivity index is 2.22. The number of nitrogens with zero attached hydrogens (tertiary/aromatic N) is 2. The van der Waals surface area contributed by atoms with E-state index in [0.29, 0.717) is 0 Å². The van der Waals surface area contributed by atoms with Crippen LogP contribution < -0.4 is 21.0 Å². The highest BCUT2D eigenvalue weighted by atomic mass is 19.4. The van der Waals surface area contributed by atoms with Gasteiger partial charge >= 0.3 is 6.18 Å². The molecule has 1 aromatic rings. The first kappa shape index (κ1) is 18.9. The van der Waals surface area contributed by atoms with Crippen molar-refractivity contribution in [3.63, 3.8) is 0 Å². The standard InChI is InChI=1S/C15H19F3N4O3/c1-9(2)24-11-4-5-13(12(8-11)15(16,17)18)21-6-7-22(20-21)25-10(3)14(19)23/h4-10,20H,1-3H3,(H2,19,23). The first-order valence-electron chi connectivity index (χ1n) is 7.45. The molecule has 1 aliphatic heterocycles. The molecule has 1 aliphatic rings. The third-order valence-electron chi connectivity index (χ3n) is 3.13. The molecule has 2 rings (SSSR count). The van der Waals surface area contributed by atoms with Gasteiger partial charge in [-0.25, -0.2) is 4.84 Å². The molecule has 7 nitrogen and oxygen atoms in total. The van der Waals surface area contributed by atoms with Crippen molar-refractivity contribution >= 4 is 11.6 Å². The fraction of sp³-hybridized carbons (Fsp3) is 0.400. The van der Waals surface area contributed by atoms with Crippen molar-refractivity contribution in [1.82, 2.24) is 10.7 Å². The number of carbonyl (C=O) groups is 1. The number of amides is 1. The predicted octanol–water partition coefficient (Wildman–Crippen LogP) is 2.31. The van der Waals surface area contributed by atoms with Crippen molar-refractivity contribution in [1.29, 1.82) is 0 Å². The van der Waals surface area contributed by atoms with E-state index >= 15 is 0 Å². The summed E-state index contributed by atoms with van der Waals surface area (Å²) in [4.78, 5) is 16.1. The zero-order valence-electron chi connectivity index (χ0n) is 13.9. The number of hydroxylamine groups is 1. The molecule has 0 fully saturated rings. The number of hydrazine groups is 2. The number of alkyl halides is 3. The van der Waals surface area contributed by atoms with E-state index in [2.05, 4.69) is 5.53 Å². The second-order valence-corrected chi connectivity index (χ2v) is 5.59. The highest BCUT2D eigenvalue weighted by molar-refractivity contribution is 5.78. The van der Waals surface area contributed by atoms with Crippen molar-refractivity contribution in [3.05, 3.63) is 36.2 Å². The number of benzene rings is 1. The van der Waals surface area contributed by atoms with Gasteiger partial charge in [0.25, 0.3) is 0 Å². The number of nitrogens with two attached hydrogens (primary N) is 1. The molecule has 1 unspecified atom stereocenters. The molecule has 0 saturated carbocycles. The average Bonchev–Trinajstić information content (AvgIpc) is 2.93. The molecule has 1 atom stereocenters. The molecular formula is C15H19F3N4O3. The first-order valence-corrected chi connectivity index (χ1v) is 7.45. The van der Waals surface area contributed by atoms with Gasteiger partial charge in [-0.1, -0.05) is 0 Å². The molecule has 0 spiro atoms. The summed E-state index contributed by atoms with van der Waals surface area (Å²) >= 11 is 0. The summed E-state index contributed by atoms with van der Waals surface area (Å²) in [6.07, 6.45) is -3.16. The molecule has 138 valence electrons. The summed E-state index contributed by atoms with van der Waals surface area (Å²) in [7, 11) is 0. The Hall–Kier alpha value is -2.46. The zero-order valence-corrected chi connectivity index (χ0v) is 13.9. The van der Waals surface area contributed by atoms with Crippen LogP contribution in [0.3, 0.4) is 0 Å². The normalized spacial score (nSPS) is 15.8. The second-order valence-electron chi connectivity index (χ2n) is 5.59. The molecule has 1 amide bonds. The quantitative estimate of drug-likeness (QED) is 0.810. The van der Waals surface area contributed by atoms with Crippen LogP contribution in [0.15, 0.2) is 30.6 Å². The lowest BCUT2D eigenvalue weighted by Crippen LogP contribution is -2.44. The van der Waals surface area contributed by atoms with Crippen LogP contribution in [-0.2, 0) is 15.8 Å². The van der Waals surface area contributed by atoms with Crippen molar-refractivity contribution in [2.75, 3.05) is 5.01 Å². The molecule has 0 aromatic heterocycles. The van der Waals surface area contributed by atoms with E-state index in [0.717, 1.165) is 16.2 Å². The minimum absolute atomic E-state index is 0.115. The smallest absolute Gasteiger partial charge is 0.418 e. The monoisotopic (exact) mass is 360 g/mol. The maximum atomic E-state index is 13.4. The SMILES string of the molecule is CC(C)Oc1ccc(N2C=CN(OC(C)C(N)=O)N2)c(C(F)(F)F)c1. The van der Waals surface area contributed by atoms with Gasteiger partial charge in [-0.15, -0.1) is 5.53 Å². The fourth-order valence-corrected chi connectivity index (χ4v) is 2.01. The van der Waals surface area contributed by atoms with Gasteiger partial charge in [0.05, 0.1) is 23.6 Å². The molecule has 0 radical (unpaired) electrons. The minimum Gasteiger partial charge on any atom is -0.491 e. The van der Waals surface area contributed by atoms with Crippen LogP contribution in [-0.4, -0.2) is 23.3 Å². The van der Waals surface area contributed by atoms with Gasteiger partial charge in [0.1, 0.15) is 5.75 Å². The van der Waals surface area contributed by atoms with Crippen LogP contribution in [0.4, 0.5) is 18.9 Å². The van der Waals surface area contributed by atoms with E-state index < -0.39 is 23.8 Å². The lowest BCUT2D eigenvalue weighted by Gasteiger charge is -2.26. The number of primary amides is 1. The molecule has 0 aliphatic carbocycles. The Bertz CT molecular complexity index is 664. The van der Waals surface area contributed by atoms with Crippen molar-refractivity contribution in [2.24, 2.45) is 5.73 Å². The summed E-state index contributed by atoms with van der Waals surface area (Å²) in [5, 5.41) is 2.10. The summed E-state index contributed by atoms with van der Waals surface area (Å²) in [6, 6.07) is 3.65. The Morgan fingerprint density at radius 1 is 1.24 bits per heavy atom. The van der Waals surface area contributed by atoms with Crippen molar-refractivity contribution in [2.45, 2.75) is 39.2 Å². The predicted molar refractivity (Wildman–Crippen MR) is 83.5 cm³/mol. The molecule has 3 N–H and O–H groups in total. The number of hydrogen-bond donors (Lipinski definition) is 2. The molecule has 1 heterocycles. The van der Waals surface area contributed by atoms with E-state index in [1.165, 1.54) is 31.5 Å². The Morgan fingerprint density at radius 3 is 2.48 bits per heavy atom. The maximum absolute atomic E-state index is 13.4. The van der Waals surface area contributed by atoms with Crippen LogP contribution in [0, 0.1) is 0 Å². The van der Waals surface area contributed by atoms with E-state index in [9.17, 15) is 18.0 Å². The van der Waals surface area contributed by atoms with E-state index in [-0.39, 0.29) is 17.5 Å². The van der Waals surface area contributed by atoms with Crippen LogP contribution in [0.25, 0.3) is 0 Å². The van der Waals surface area contributed by atoms with Gasteiger partial charge in [0.15, 0.2) is 6.10 Å². The number of halogens is 3. The number of nitrogens with one attached hydrogen (secondary N) is 1. The summed E-state index contributed by atoms with van der Waals surface area (Å²) in [6.45, 7) is 4.86. The van der Waals surface area contributed by atoms with Crippen LogP contribution in [0.1, 0.15) is 26.3 Å². The van der Waals surface area contributed by atoms with Gasteiger partial charge < -0.3 is 10.5 Å². The third-order valence-corrected chi connectivity index (χ3v) is 3.13. The number of ether oxygens (including phenoxy) is 1. The molecule has 0 bridgehead atoms. The van der Waals surface area contributed by atoms with E-state index in [1.807, 2.05) is 0 Å². The molecule has 0 saturated heterocycles. The summed E-state index contributed by atoms with van der Waals surface area (Å²) in [5.41, 5.74) is 6.59. The number of hydrogen-bond acceptors (Lipinski definition) is 6. The van der Waals surface area contributed by atoms with Gasteiger partial charge in [0, 0.05) is 6.20 Å². The highest BCUT2D eigenvalue weighted by Crippen LogP contribution is 2.39. The van der Waals surface area contributed by atoms with Crippen LogP contribution in [0.5, 0.6) is 5.75 Å². The topological polar surface area (TPSA) is 80.1 Å². The third kappa shape index (κ3) is 4.77. The average molecular weight is 360 g/mol. The summed E-state index contributed by atoms with van der Waals surface area (Å²) < 4.78 is 45.5. The number of anilines is 1. The van der Waals surface area contributed by atoms with Gasteiger partial charge in [0.2, 0.25) is 5.91 Å². The molecular weight excluding hydrogens is 341 g/mol. The highest BCUT2D eigenvalue weighted by Gasteiger charge is 2.36. The first-order chi connectivity index (χ1) is 11.6. The zero-order chi connectivity index (χ0) is 18.8. The number of rotatable bonds is 6. The van der Waals surface area contributed by atoms with Gasteiger partial charge in [-0.05, 0) is 39.0 Å². The molecule has 10 heteroatoms.